The molecule has 2 atom stereocenters. The average Bonchev–Trinajstić information content (AvgIpc) is 3.14. The van der Waals surface area contributed by atoms with Crippen LogP contribution >= 0.6 is 0 Å². The lowest BCUT2D eigenvalue weighted by atomic mass is 9.89. The highest BCUT2D eigenvalue weighted by Gasteiger charge is 2.43. The first kappa shape index (κ1) is 16.1. The summed E-state index contributed by atoms with van der Waals surface area (Å²) in [6.07, 6.45) is 0. The summed E-state index contributed by atoms with van der Waals surface area (Å²) in [4.78, 5) is 4.32. The molecule has 0 radical (unpaired) electrons. The van der Waals surface area contributed by atoms with E-state index in [1.54, 1.807) is 6.92 Å². The molecule has 0 saturated carbocycles. The van der Waals surface area contributed by atoms with E-state index in [1.807, 2.05) is 30.3 Å². The van der Waals surface area contributed by atoms with Crippen LogP contribution in [0.5, 0.6) is 0 Å². The highest BCUT2D eigenvalue weighted by Crippen LogP contribution is 2.40. The van der Waals surface area contributed by atoms with Crippen LogP contribution in [0.15, 0.2) is 34.9 Å². The number of nitrogens with zero attached hydrogens (tertiary/aromatic N) is 4. The molecule has 1 aliphatic rings. The molecule has 1 fully saturated rings. The molecule has 1 aliphatic heterocycles. The van der Waals surface area contributed by atoms with Crippen LogP contribution in [0.25, 0.3) is 0 Å². The summed E-state index contributed by atoms with van der Waals surface area (Å²) in [7, 11) is -0.397. The highest BCUT2D eigenvalue weighted by atomic mass is 32.2. The Labute approximate surface area is 136 Å². The topological polar surface area (TPSA) is 79.5 Å². The van der Waals surface area contributed by atoms with E-state index in [4.69, 9.17) is 4.52 Å². The first-order valence-corrected chi connectivity index (χ1v) is 8.82. The number of rotatable bonds is 4. The second-order valence-corrected chi connectivity index (χ2v) is 8.05. The first-order chi connectivity index (χ1) is 10.9. The smallest absolute Gasteiger partial charge is 0.281 e. The van der Waals surface area contributed by atoms with E-state index in [0.717, 1.165) is 5.56 Å². The standard InChI is InChI=1S/C15H20N4O3S/c1-11-16-15(22-17-11)14-10-19(23(20,21)18(2)3)9-13(14)12-7-5-4-6-8-12/h4-8,13-14H,9-10H2,1-3H3/t13-,14-/m1/s1. The van der Waals surface area contributed by atoms with Crippen molar-refractivity contribution >= 4 is 10.2 Å². The van der Waals surface area contributed by atoms with Crippen molar-refractivity contribution in [1.29, 1.82) is 0 Å². The largest absolute Gasteiger partial charge is 0.339 e. The van der Waals surface area contributed by atoms with Crippen molar-refractivity contribution in [1.82, 2.24) is 18.8 Å². The van der Waals surface area contributed by atoms with E-state index >= 15 is 0 Å². The van der Waals surface area contributed by atoms with Gasteiger partial charge in [-0.15, -0.1) is 0 Å². The normalized spacial score (nSPS) is 22.8. The summed E-state index contributed by atoms with van der Waals surface area (Å²) in [6, 6.07) is 9.86. The van der Waals surface area contributed by atoms with Gasteiger partial charge in [0, 0.05) is 33.1 Å². The van der Waals surface area contributed by atoms with Gasteiger partial charge in [0.2, 0.25) is 5.89 Å². The van der Waals surface area contributed by atoms with Crippen molar-refractivity contribution in [3.05, 3.63) is 47.6 Å². The lowest BCUT2D eigenvalue weighted by molar-refractivity contribution is 0.344. The minimum absolute atomic E-state index is 0.00854. The van der Waals surface area contributed by atoms with Crippen LogP contribution in [0.2, 0.25) is 0 Å². The fraction of sp³-hybridized carbons (Fsp3) is 0.467. The van der Waals surface area contributed by atoms with Gasteiger partial charge in [-0.25, -0.2) is 0 Å². The zero-order valence-corrected chi connectivity index (χ0v) is 14.2. The third-order valence-electron chi connectivity index (χ3n) is 4.16. The Balaban J connectivity index is 1.98. The van der Waals surface area contributed by atoms with E-state index in [2.05, 4.69) is 10.1 Å². The van der Waals surface area contributed by atoms with Crippen LogP contribution in [0.4, 0.5) is 0 Å². The third kappa shape index (κ3) is 3.01. The van der Waals surface area contributed by atoms with Gasteiger partial charge in [-0.3, -0.25) is 0 Å². The molecule has 1 aromatic heterocycles. The molecule has 0 unspecified atom stereocenters. The van der Waals surface area contributed by atoms with Gasteiger partial charge in [0.1, 0.15) is 0 Å². The monoisotopic (exact) mass is 336 g/mol. The molecule has 23 heavy (non-hydrogen) atoms. The number of hydrogen-bond acceptors (Lipinski definition) is 5. The molecule has 0 N–H and O–H groups in total. The molecule has 1 aromatic carbocycles. The molecule has 0 bridgehead atoms. The highest BCUT2D eigenvalue weighted by molar-refractivity contribution is 7.86. The van der Waals surface area contributed by atoms with Crippen molar-refractivity contribution in [2.45, 2.75) is 18.8 Å². The predicted octanol–water partition coefficient (Wildman–Crippen LogP) is 1.37. The van der Waals surface area contributed by atoms with E-state index in [0.29, 0.717) is 24.8 Å². The molecule has 7 nitrogen and oxygen atoms in total. The molecule has 2 aromatic rings. The molecular weight excluding hydrogens is 316 g/mol. The van der Waals surface area contributed by atoms with Crippen LogP contribution in [-0.2, 0) is 10.2 Å². The van der Waals surface area contributed by atoms with Gasteiger partial charge in [-0.2, -0.15) is 22.0 Å². The van der Waals surface area contributed by atoms with Crippen molar-refractivity contribution in [2.24, 2.45) is 0 Å². The van der Waals surface area contributed by atoms with Gasteiger partial charge in [-0.05, 0) is 12.5 Å². The van der Waals surface area contributed by atoms with E-state index in [1.165, 1.54) is 22.7 Å². The quantitative estimate of drug-likeness (QED) is 0.842. The van der Waals surface area contributed by atoms with Crippen molar-refractivity contribution in [2.75, 3.05) is 27.2 Å². The summed E-state index contributed by atoms with van der Waals surface area (Å²) in [5.41, 5.74) is 1.07. The molecule has 0 amide bonds. The number of aromatic nitrogens is 2. The maximum absolute atomic E-state index is 12.5. The van der Waals surface area contributed by atoms with Crippen LogP contribution in [-0.4, -0.2) is 54.4 Å². The lowest BCUT2D eigenvalue weighted by Gasteiger charge is -2.20. The maximum atomic E-state index is 12.5. The van der Waals surface area contributed by atoms with Crippen LogP contribution in [0.1, 0.15) is 29.1 Å². The van der Waals surface area contributed by atoms with Gasteiger partial charge >= 0.3 is 0 Å². The number of benzene rings is 1. The average molecular weight is 336 g/mol. The van der Waals surface area contributed by atoms with Crippen LogP contribution in [0.3, 0.4) is 0 Å². The van der Waals surface area contributed by atoms with Crippen LogP contribution in [0, 0.1) is 6.92 Å². The van der Waals surface area contributed by atoms with Crippen LogP contribution < -0.4 is 0 Å². The van der Waals surface area contributed by atoms with Gasteiger partial charge < -0.3 is 4.52 Å². The van der Waals surface area contributed by atoms with Gasteiger partial charge in [-0.1, -0.05) is 35.5 Å². The predicted molar refractivity (Wildman–Crippen MR) is 85.1 cm³/mol. The second kappa shape index (κ2) is 6.03. The SMILES string of the molecule is Cc1noc([C@@H]2CN(S(=O)(=O)N(C)C)C[C@@H]2c2ccccc2)n1. The Kier molecular flexibility index (Phi) is 4.22. The molecule has 124 valence electrons. The van der Waals surface area contributed by atoms with Crippen molar-refractivity contribution in [3.63, 3.8) is 0 Å². The Morgan fingerprint density at radius 2 is 1.83 bits per heavy atom. The zero-order valence-electron chi connectivity index (χ0n) is 13.4. The zero-order chi connectivity index (χ0) is 16.6. The lowest BCUT2D eigenvalue weighted by Crippen LogP contribution is -2.38. The van der Waals surface area contributed by atoms with Crippen molar-refractivity contribution in [3.8, 4) is 0 Å². The second-order valence-electron chi connectivity index (χ2n) is 5.91. The molecule has 0 aliphatic carbocycles. The van der Waals surface area contributed by atoms with Gasteiger partial charge in [0.15, 0.2) is 5.82 Å². The molecule has 0 spiro atoms. The summed E-state index contributed by atoms with van der Waals surface area (Å²) >= 11 is 0. The molecule has 8 heteroatoms. The summed E-state index contributed by atoms with van der Waals surface area (Å²) < 4.78 is 33.0. The van der Waals surface area contributed by atoms with Gasteiger partial charge in [0.25, 0.3) is 10.2 Å². The summed E-state index contributed by atoms with van der Waals surface area (Å²) in [5.74, 6) is 0.896. The van der Waals surface area contributed by atoms with E-state index in [-0.39, 0.29) is 11.8 Å². The molecule has 3 rings (SSSR count). The first-order valence-electron chi connectivity index (χ1n) is 7.42. The van der Waals surface area contributed by atoms with E-state index in [9.17, 15) is 8.42 Å². The maximum Gasteiger partial charge on any atom is 0.281 e. The van der Waals surface area contributed by atoms with Gasteiger partial charge in [0.05, 0.1) is 5.92 Å². The Morgan fingerprint density at radius 3 is 2.39 bits per heavy atom. The van der Waals surface area contributed by atoms with Crippen molar-refractivity contribution < 1.29 is 12.9 Å². The fourth-order valence-electron chi connectivity index (χ4n) is 2.94. The minimum Gasteiger partial charge on any atom is -0.339 e. The molecular formula is C15H20N4O3S. The third-order valence-corrected chi connectivity index (χ3v) is 6.04. The fourth-order valence-corrected chi connectivity index (χ4v) is 4.10. The number of aryl methyl sites for hydroxylation is 1. The minimum atomic E-state index is -3.47. The molecule has 1 saturated heterocycles. The number of hydrogen-bond donors (Lipinski definition) is 0. The Morgan fingerprint density at radius 1 is 1.17 bits per heavy atom. The Hall–Kier alpha value is -1.77. The Bertz CT molecular complexity index is 773. The summed E-state index contributed by atoms with van der Waals surface area (Å²) in [5, 5.41) is 3.85. The molecule has 2 heterocycles. The van der Waals surface area contributed by atoms with E-state index < -0.39 is 10.2 Å². The summed E-state index contributed by atoms with van der Waals surface area (Å²) in [6.45, 7) is 2.49.